The second-order valence-corrected chi connectivity index (χ2v) is 4.98. The molecule has 0 radical (unpaired) electrons. The topological polar surface area (TPSA) is 12.9 Å². The molecule has 0 spiro atoms. The molecule has 0 amide bonds. The Morgan fingerprint density at radius 1 is 1.41 bits per heavy atom. The van der Waals surface area contributed by atoms with E-state index in [1.807, 2.05) is 32.1 Å². The smallest absolute Gasteiger partial charge is 0.0908 e. The lowest BCUT2D eigenvalue weighted by molar-refractivity contribution is 1.34. The molecule has 0 fully saturated rings. The fourth-order valence-electron chi connectivity index (χ4n) is 1.83. The number of fused-ring (bicyclic) bond motifs is 1. The van der Waals surface area contributed by atoms with E-state index >= 15 is 0 Å². The predicted molar refractivity (Wildman–Crippen MR) is 77.3 cm³/mol. The average Bonchev–Trinajstić information content (AvgIpc) is 2.68. The molecule has 0 aliphatic heterocycles. The second kappa shape index (κ2) is 5.11. The highest BCUT2D eigenvalue weighted by atomic mass is 32.1. The zero-order valence-corrected chi connectivity index (χ0v) is 10.9. The summed E-state index contributed by atoms with van der Waals surface area (Å²) in [7, 11) is 0. The number of hydrogen-bond acceptors (Lipinski definition) is 2. The molecular formula is C15H15NS. The Labute approximate surface area is 106 Å². The van der Waals surface area contributed by atoms with Gasteiger partial charge >= 0.3 is 0 Å². The van der Waals surface area contributed by atoms with E-state index in [0.29, 0.717) is 0 Å². The summed E-state index contributed by atoms with van der Waals surface area (Å²) >= 11 is 1.73. The van der Waals surface area contributed by atoms with Gasteiger partial charge in [0.15, 0.2) is 0 Å². The van der Waals surface area contributed by atoms with Crippen LogP contribution in [0.2, 0.25) is 0 Å². The standard InChI is InChI=1S/C15H15NS/c1-4-7-12(8-5-2)13-9-6-10-14-15(13)16-11(3)17-14/h4-10H,1H2,2-3H3/b8-5-,12-7+. The van der Waals surface area contributed by atoms with Crippen LogP contribution in [0.1, 0.15) is 17.5 Å². The lowest BCUT2D eigenvalue weighted by Gasteiger charge is -2.02. The maximum Gasteiger partial charge on any atom is 0.0908 e. The van der Waals surface area contributed by atoms with E-state index in [9.17, 15) is 0 Å². The zero-order valence-electron chi connectivity index (χ0n) is 10.1. The molecule has 86 valence electrons. The van der Waals surface area contributed by atoms with Crippen molar-refractivity contribution in [2.75, 3.05) is 0 Å². The number of aryl methyl sites for hydroxylation is 1. The fraction of sp³-hybridized carbons (Fsp3) is 0.133. The molecule has 2 aromatic rings. The van der Waals surface area contributed by atoms with E-state index in [1.54, 1.807) is 11.3 Å². The average molecular weight is 241 g/mol. The molecule has 0 atom stereocenters. The van der Waals surface area contributed by atoms with Crippen LogP contribution in [0.15, 0.2) is 49.1 Å². The molecule has 0 bridgehead atoms. The minimum Gasteiger partial charge on any atom is -0.241 e. The first kappa shape index (κ1) is 11.8. The maximum absolute atomic E-state index is 4.61. The third-order valence-electron chi connectivity index (χ3n) is 2.48. The third-order valence-corrected chi connectivity index (χ3v) is 3.42. The number of thiazole rings is 1. The predicted octanol–water partition coefficient (Wildman–Crippen LogP) is 4.75. The Morgan fingerprint density at radius 2 is 2.24 bits per heavy atom. The number of rotatable bonds is 3. The summed E-state index contributed by atoms with van der Waals surface area (Å²) in [5.74, 6) is 0. The first-order valence-corrected chi connectivity index (χ1v) is 6.40. The largest absolute Gasteiger partial charge is 0.241 e. The van der Waals surface area contributed by atoms with Crippen LogP contribution in [0.3, 0.4) is 0 Å². The van der Waals surface area contributed by atoms with Crippen molar-refractivity contribution in [3.8, 4) is 0 Å². The van der Waals surface area contributed by atoms with Gasteiger partial charge in [-0.25, -0.2) is 4.98 Å². The summed E-state index contributed by atoms with van der Waals surface area (Å²) in [6.45, 7) is 7.83. The second-order valence-electron chi connectivity index (χ2n) is 3.74. The van der Waals surface area contributed by atoms with Gasteiger partial charge in [-0.1, -0.05) is 43.0 Å². The Kier molecular flexibility index (Phi) is 3.55. The van der Waals surface area contributed by atoms with Crippen molar-refractivity contribution in [2.24, 2.45) is 0 Å². The van der Waals surface area contributed by atoms with Crippen molar-refractivity contribution in [3.63, 3.8) is 0 Å². The van der Waals surface area contributed by atoms with Gasteiger partial charge in [0.25, 0.3) is 0 Å². The third kappa shape index (κ3) is 2.37. The van der Waals surface area contributed by atoms with E-state index in [2.05, 4.69) is 35.8 Å². The number of hydrogen-bond donors (Lipinski definition) is 0. The van der Waals surface area contributed by atoms with E-state index in [0.717, 1.165) is 16.1 Å². The quantitative estimate of drug-likeness (QED) is 0.707. The lowest BCUT2D eigenvalue weighted by Crippen LogP contribution is -1.83. The van der Waals surface area contributed by atoms with Gasteiger partial charge in [0, 0.05) is 5.56 Å². The molecule has 0 unspecified atom stereocenters. The van der Waals surface area contributed by atoms with Crippen molar-refractivity contribution < 1.29 is 0 Å². The molecule has 1 aromatic heterocycles. The van der Waals surface area contributed by atoms with Crippen LogP contribution in [-0.2, 0) is 0 Å². The lowest BCUT2D eigenvalue weighted by atomic mass is 10.0. The molecular weight excluding hydrogens is 226 g/mol. The first-order valence-electron chi connectivity index (χ1n) is 5.58. The molecule has 1 nitrogen and oxygen atoms in total. The summed E-state index contributed by atoms with van der Waals surface area (Å²) in [6, 6.07) is 6.30. The van der Waals surface area contributed by atoms with Gasteiger partial charge in [0.05, 0.1) is 15.2 Å². The van der Waals surface area contributed by atoms with Gasteiger partial charge in [-0.3, -0.25) is 0 Å². The van der Waals surface area contributed by atoms with Crippen molar-refractivity contribution in [3.05, 3.63) is 59.7 Å². The number of aromatic nitrogens is 1. The van der Waals surface area contributed by atoms with E-state index < -0.39 is 0 Å². The first-order chi connectivity index (χ1) is 8.26. The molecule has 1 aromatic carbocycles. The highest BCUT2D eigenvalue weighted by Gasteiger charge is 2.07. The van der Waals surface area contributed by atoms with Crippen molar-refractivity contribution in [1.29, 1.82) is 0 Å². The molecule has 0 N–H and O–H groups in total. The molecule has 2 rings (SSSR count). The van der Waals surface area contributed by atoms with Gasteiger partial charge in [-0.2, -0.15) is 0 Å². The van der Waals surface area contributed by atoms with Gasteiger partial charge in [0.1, 0.15) is 0 Å². The Morgan fingerprint density at radius 3 is 2.94 bits per heavy atom. The van der Waals surface area contributed by atoms with Crippen molar-refractivity contribution in [1.82, 2.24) is 4.98 Å². The normalized spacial score (nSPS) is 12.5. The maximum atomic E-state index is 4.61. The van der Waals surface area contributed by atoms with Crippen LogP contribution in [0, 0.1) is 6.92 Å². The van der Waals surface area contributed by atoms with Gasteiger partial charge in [-0.05, 0) is 25.5 Å². The molecule has 2 heteroatoms. The van der Waals surface area contributed by atoms with E-state index in [-0.39, 0.29) is 0 Å². The number of para-hydroxylation sites is 1. The van der Waals surface area contributed by atoms with Crippen molar-refractivity contribution >= 4 is 27.1 Å². The summed E-state index contributed by atoms with van der Waals surface area (Å²) in [5, 5.41) is 1.10. The van der Waals surface area contributed by atoms with Crippen LogP contribution in [-0.4, -0.2) is 4.98 Å². The van der Waals surface area contributed by atoms with Crippen molar-refractivity contribution in [2.45, 2.75) is 13.8 Å². The summed E-state index contributed by atoms with van der Waals surface area (Å²) in [6.07, 6.45) is 7.95. The fourth-order valence-corrected chi connectivity index (χ4v) is 2.69. The molecule has 17 heavy (non-hydrogen) atoms. The van der Waals surface area contributed by atoms with Crippen LogP contribution in [0.5, 0.6) is 0 Å². The monoisotopic (exact) mass is 241 g/mol. The minimum absolute atomic E-state index is 1.08. The molecule has 0 saturated carbocycles. The number of allylic oxidation sites excluding steroid dienone is 5. The Balaban J connectivity index is 2.68. The van der Waals surface area contributed by atoms with Crippen LogP contribution >= 0.6 is 11.3 Å². The van der Waals surface area contributed by atoms with E-state index in [1.165, 1.54) is 10.3 Å². The molecule has 1 heterocycles. The Bertz CT molecular complexity index is 602. The molecule has 0 aliphatic carbocycles. The summed E-state index contributed by atoms with van der Waals surface area (Å²) in [5.41, 5.74) is 3.41. The van der Waals surface area contributed by atoms with Crippen LogP contribution < -0.4 is 0 Å². The highest BCUT2D eigenvalue weighted by Crippen LogP contribution is 2.29. The zero-order chi connectivity index (χ0) is 12.3. The SMILES string of the molecule is C=C/C=C(\C=C/C)c1cccc2sc(C)nc12. The Hall–Kier alpha value is -1.67. The summed E-state index contributed by atoms with van der Waals surface area (Å²) < 4.78 is 1.24. The van der Waals surface area contributed by atoms with Gasteiger partial charge in [0.2, 0.25) is 0 Å². The van der Waals surface area contributed by atoms with Gasteiger partial charge < -0.3 is 0 Å². The number of nitrogens with zero attached hydrogens (tertiary/aromatic N) is 1. The summed E-state index contributed by atoms with van der Waals surface area (Å²) in [4.78, 5) is 4.61. The highest BCUT2D eigenvalue weighted by molar-refractivity contribution is 7.18. The number of benzene rings is 1. The molecule has 0 aliphatic rings. The minimum atomic E-state index is 1.08. The van der Waals surface area contributed by atoms with Crippen LogP contribution in [0.25, 0.3) is 15.8 Å². The van der Waals surface area contributed by atoms with E-state index in [4.69, 9.17) is 0 Å². The van der Waals surface area contributed by atoms with Crippen LogP contribution in [0.4, 0.5) is 0 Å². The van der Waals surface area contributed by atoms with Gasteiger partial charge in [-0.15, -0.1) is 11.3 Å². The molecule has 0 saturated heterocycles.